The average molecular weight is 390 g/mol. The first-order valence-electron chi connectivity index (χ1n) is 9.36. The largest absolute Gasteiger partial charge is 0.497 e. The molecule has 5 heteroatoms. The van der Waals surface area contributed by atoms with E-state index in [1.165, 1.54) is 5.56 Å². The van der Waals surface area contributed by atoms with Gasteiger partial charge < -0.3 is 14.2 Å². The van der Waals surface area contributed by atoms with Gasteiger partial charge in [-0.2, -0.15) is 0 Å². The number of esters is 2. The first-order valence-corrected chi connectivity index (χ1v) is 9.36. The maximum Gasteiger partial charge on any atom is 0.343 e. The third-order valence-corrected chi connectivity index (χ3v) is 4.30. The molecule has 0 saturated carbocycles. The van der Waals surface area contributed by atoms with Crippen LogP contribution in [-0.4, -0.2) is 19.0 Å². The highest BCUT2D eigenvalue weighted by Crippen LogP contribution is 2.21. The van der Waals surface area contributed by atoms with Crippen LogP contribution >= 0.6 is 0 Å². The average Bonchev–Trinajstić information content (AvgIpc) is 2.76. The number of ether oxygens (including phenoxy) is 3. The van der Waals surface area contributed by atoms with Crippen molar-refractivity contribution >= 4 is 11.9 Å². The molecule has 0 aliphatic heterocycles. The van der Waals surface area contributed by atoms with E-state index in [0.29, 0.717) is 28.4 Å². The van der Waals surface area contributed by atoms with E-state index < -0.39 is 11.9 Å². The molecule has 0 spiro atoms. The Balaban J connectivity index is 1.59. The lowest BCUT2D eigenvalue weighted by molar-refractivity contribution is 0.0719. The minimum Gasteiger partial charge on any atom is -0.497 e. The molecule has 3 rings (SSSR count). The van der Waals surface area contributed by atoms with Crippen LogP contribution in [0, 0.1) is 0 Å². The van der Waals surface area contributed by atoms with Crippen molar-refractivity contribution in [2.24, 2.45) is 0 Å². The highest BCUT2D eigenvalue weighted by Gasteiger charge is 2.11. The van der Waals surface area contributed by atoms with Crippen LogP contribution in [0.2, 0.25) is 0 Å². The molecule has 3 aromatic carbocycles. The Hall–Kier alpha value is -3.60. The van der Waals surface area contributed by atoms with Crippen LogP contribution < -0.4 is 14.2 Å². The van der Waals surface area contributed by atoms with Crippen LogP contribution in [0.25, 0.3) is 0 Å². The summed E-state index contributed by atoms with van der Waals surface area (Å²) in [6.07, 6.45) is 2.03. The maximum atomic E-state index is 12.3. The van der Waals surface area contributed by atoms with Crippen LogP contribution in [0.1, 0.15) is 39.6 Å². The molecule has 0 amide bonds. The van der Waals surface area contributed by atoms with E-state index in [1.54, 1.807) is 67.8 Å². The van der Waals surface area contributed by atoms with Gasteiger partial charge in [0.05, 0.1) is 18.2 Å². The molecular weight excluding hydrogens is 368 g/mol. The summed E-state index contributed by atoms with van der Waals surface area (Å²) in [6.45, 7) is 2.11. The summed E-state index contributed by atoms with van der Waals surface area (Å²) in [6, 6.07) is 20.3. The summed E-state index contributed by atoms with van der Waals surface area (Å²) in [5.74, 6) is 0.472. The highest BCUT2D eigenvalue weighted by molar-refractivity contribution is 5.92. The van der Waals surface area contributed by atoms with E-state index >= 15 is 0 Å². The third kappa shape index (κ3) is 5.45. The number of aryl methyl sites for hydroxylation is 1. The zero-order valence-corrected chi connectivity index (χ0v) is 16.4. The second kappa shape index (κ2) is 9.55. The first kappa shape index (κ1) is 20.1. The van der Waals surface area contributed by atoms with E-state index in [2.05, 4.69) is 6.92 Å². The predicted molar refractivity (Wildman–Crippen MR) is 110 cm³/mol. The topological polar surface area (TPSA) is 61.8 Å². The molecule has 0 aromatic heterocycles. The molecule has 0 bridgehead atoms. The van der Waals surface area contributed by atoms with Crippen molar-refractivity contribution in [2.45, 2.75) is 19.8 Å². The molecule has 0 N–H and O–H groups in total. The molecular formula is C24H22O5. The van der Waals surface area contributed by atoms with Crippen molar-refractivity contribution in [2.75, 3.05) is 7.11 Å². The van der Waals surface area contributed by atoms with Gasteiger partial charge in [-0.15, -0.1) is 0 Å². The maximum absolute atomic E-state index is 12.3. The predicted octanol–water partition coefficient (Wildman–Crippen LogP) is 5.09. The van der Waals surface area contributed by atoms with Gasteiger partial charge in [0.15, 0.2) is 0 Å². The summed E-state index contributed by atoms with van der Waals surface area (Å²) in [7, 11) is 1.56. The van der Waals surface area contributed by atoms with E-state index in [-0.39, 0.29) is 0 Å². The van der Waals surface area contributed by atoms with Crippen molar-refractivity contribution in [3.05, 3.63) is 89.5 Å². The van der Waals surface area contributed by atoms with Gasteiger partial charge in [-0.1, -0.05) is 25.5 Å². The van der Waals surface area contributed by atoms with Gasteiger partial charge in [0.1, 0.15) is 17.2 Å². The van der Waals surface area contributed by atoms with Gasteiger partial charge in [0.2, 0.25) is 0 Å². The fraction of sp³-hybridized carbons (Fsp3) is 0.167. The zero-order valence-electron chi connectivity index (χ0n) is 16.4. The van der Waals surface area contributed by atoms with Crippen molar-refractivity contribution in [1.29, 1.82) is 0 Å². The lowest BCUT2D eigenvalue weighted by atomic mass is 10.1. The SMILES string of the molecule is CCCc1ccc(C(=O)Oc2ccc(OC(=O)c3ccc(OC)cc3)cc2)cc1. The molecule has 0 heterocycles. The molecule has 0 unspecified atom stereocenters. The molecule has 0 aliphatic rings. The Morgan fingerprint density at radius 2 is 1.07 bits per heavy atom. The lowest BCUT2D eigenvalue weighted by Gasteiger charge is -2.08. The van der Waals surface area contributed by atoms with Crippen molar-refractivity contribution in [1.82, 2.24) is 0 Å². The normalized spacial score (nSPS) is 10.3. The fourth-order valence-corrected chi connectivity index (χ4v) is 2.73. The molecule has 29 heavy (non-hydrogen) atoms. The van der Waals surface area contributed by atoms with Gasteiger partial charge in [-0.25, -0.2) is 9.59 Å². The minimum atomic E-state index is -0.482. The summed E-state index contributed by atoms with van der Waals surface area (Å²) in [4.78, 5) is 24.5. The van der Waals surface area contributed by atoms with E-state index in [9.17, 15) is 9.59 Å². The number of methoxy groups -OCH3 is 1. The molecule has 0 radical (unpaired) electrons. The molecule has 0 aliphatic carbocycles. The minimum absolute atomic E-state index is 0.356. The van der Waals surface area contributed by atoms with Crippen molar-refractivity contribution < 1.29 is 23.8 Å². The number of carbonyl (C=O) groups excluding carboxylic acids is 2. The molecule has 3 aromatic rings. The van der Waals surface area contributed by atoms with E-state index in [4.69, 9.17) is 14.2 Å². The molecule has 148 valence electrons. The number of benzene rings is 3. The monoisotopic (exact) mass is 390 g/mol. The summed E-state index contributed by atoms with van der Waals surface area (Å²) in [5, 5.41) is 0. The molecule has 0 atom stereocenters. The van der Waals surface area contributed by atoms with Crippen LogP contribution in [0.15, 0.2) is 72.8 Å². The molecule has 0 saturated heterocycles. The Labute approximate surface area is 169 Å². The Bertz CT molecular complexity index is 958. The van der Waals surface area contributed by atoms with Crippen LogP contribution in [-0.2, 0) is 6.42 Å². The highest BCUT2D eigenvalue weighted by atomic mass is 16.5. The van der Waals surface area contributed by atoms with E-state index in [0.717, 1.165) is 12.8 Å². The second-order valence-electron chi connectivity index (χ2n) is 6.43. The lowest BCUT2D eigenvalue weighted by Crippen LogP contribution is -2.09. The standard InChI is InChI=1S/C24H22O5/c1-3-4-17-5-7-18(8-6-17)23(25)28-21-13-15-22(16-14-21)29-24(26)19-9-11-20(27-2)12-10-19/h5-16H,3-4H2,1-2H3. The quantitative estimate of drug-likeness (QED) is 0.416. The second-order valence-corrected chi connectivity index (χ2v) is 6.43. The summed E-state index contributed by atoms with van der Waals surface area (Å²) < 4.78 is 15.8. The Kier molecular flexibility index (Phi) is 6.63. The molecule has 5 nitrogen and oxygen atoms in total. The number of hydrogen-bond donors (Lipinski definition) is 0. The first-order chi connectivity index (χ1) is 14.1. The summed E-state index contributed by atoms with van der Waals surface area (Å²) >= 11 is 0. The van der Waals surface area contributed by atoms with Gasteiger partial charge in [-0.05, 0) is 72.6 Å². The van der Waals surface area contributed by atoms with Gasteiger partial charge in [0.25, 0.3) is 0 Å². The number of hydrogen-bond acceptors (Lipinski definition) is 5. The summed E-state index contributed by atoms with van der Waals surface area (Å²) in [5.41, 5.74) is 2.08. The van der Waals surface area contributed by atoms with Crippen LogP contribution in [0.4, 0.5) is 0 Å². The van der Waals surface area contributed by atoms with Gasteiger partial charge >= 0.3 is 11.9 Å². The molecule has 0 fully saturated rings. The van der Waals surface area contributed by atoms with Crippen molar-refractivity contribution in [3.63, 3.8) is 0 Å². The van der Waals surface area contributed by atoms with Gasteiger partial charge in [0, 0.05) is 0 Å². The zero-order chi connectivity index (χ0) is 20.6. The van der Waals surface area contributed by atoms with E-state index in [1.807, 2.05) is 12.1 Å². The number of rotatable bonds is 7. The Morgan fingerprint density at radius 3 is 1.48 bits per heavy atom. The number of carbonyl (C=O) groups is 2. The van der Waals surface area contributed by atoms with Crippen molar-refractivity contribution in [3.8, 4) is 17.2 Å². The fourth-order valence-electron chi connectivity index (χ4n) is 2.73. The van der Waals surface area contributed by atoms with Crippen LogP contribution in [0.5, 0.6) is 17.2 Å². The smallest absolute Gasteiger partial charge is 0.343 e. The van der Waals surface area contributed by atoms with Gasteiger partial charge in [-0.3, -0.25) is 0 Å². The third-order valence-electron chi connectivity index (χ3n) is 4.30. The van der Waals surface area contributed by atoms with Crippen LogP contribution in [0.3, 0.4) is 0 Å². The Morgan fingerprint density at radius 1 is 0.655 bits per heavy atom.